The Morgan fingerprint density at radius 1 is 1.19 bits per heavy atom. The summed E-state index contributed by atoms with van der Waals surface area (Å²) in [7, 11) is 0. The van der Waals surface area contributed by atoms with E-state index in [-0.39, 0.29) is 5.92 Å². The molecule has 3 rings (SSSR count). The maximum absolute atomic E-state index is 11.9. The van der Waals surface area contributed by atoms with Gasteiger partial charge in [0.15, 0.2) is 5.82 Å². The molecular formula is C19H21N5O2. The van der Waals surface area contributed by atoms with Gasteiger partial charge in [-0.25, -0.2) is 0 Å². The number of benzene rings is 1. The number of aromatic amines is 1. The Morgan fingerprint density at radius 3 is 2.62 bits per heavy atom. The number of hydrogen-bond acceptors (Lipinski definition) is 5. The number of aliphatic carboxylic acids is 1. The Hall–Kier alpha value is -3.09. The van der Waals surface area contributed by atoms with Gasteiger partial charge in [0.05, 0.1) is 5.92 Å². The van der Waals surface area contributed by atoms with Gasteiger partial charge in [-0.3, -0.25) is 9.78 Å². The Morgan fingerprint density at radius 2 is 1.96 bits per heavy atom. The van der Waals surface area contributed by atoms with E-state index in [1.807, 2.05) is 43.3 Å². The summed E-state index contributed by atoms with van der Waals surface area (Å²) >= 11 is 0. The molecular weight excluding hydrogens is 330 g/mol. The lowest BCUT2D eigenvalue weighted by molar-refractivity contribution is -0.142. The zero-order chi connectivity index (χ0) is 18.4. The van der Waals surface area contributed by atoms with E-state index in [1.165, 1.54) is 0 Å². The zero-order valence-electron chi connectivity index (χ0n) is 14.5. The van der Waals surface area contributed by atoms with Gasteiger partial charge in [-0.15, -0.1) is 10.2 Å². The van der Waals surface area contributed by atoms with Gasteiger partial charge in [0, 0.05) is 18.3 Å². The molecule has 0 saturated carbocycles. The summed E-state index contributed by atoms with van der Waals surface area (Å²) in [5.74, 6) is -1.31. The highest BCUT2D eigenvalue weighted by molar-refractivity contribution is 5.72. The van der Waals surface area contributed by atoms with E-state index in [1.54, 1.807) is 12.4 Å². The molecule has 2 N–H and O–H groups in total. The molecule has 0 aliphatic heterocycles. The van der Waals surface area contributed by atoms with E-state index < -0.39 is 11.9 Å². The number of pyridine rings is 1. The quantitative estimate of drug-likeness (QED) is 0.646. The number of carbonyl (C=O) groups is 1. The summed E-state index contributed by atoms with van der Waals surface area (Å²) in [4.78, 5) is 15.9. The molecule has 1 aromatic carbocycles. The predicted molar refractivity (Wildman–Crippen MR) is 96.3 cm³/mol. The van der Waals surface area contributed by atoms with E-state index in [0.29, 0.717) is 18.7 Å². The van der Waals surface area contributed by atoms with Crippen LogP contribution in [0.5, 0.6) is 0 Å². The zero-order valence-corrected chi connectivity index (χ0v) is 14.5. The molecule has 0 spiro atoms. The Bertz CT molecular complexity index is 836. The topological polar surface area (TPSA) is 105 Å². The van der Waals surface area contributed by atoms with Crippen molar-refractivity contribution in [1.82, 2.24) is 25.6 Å². The maximum atomic E-state index is 11.9. The van der Waals surface area contributed by atoms with Crippen LogP contribution in [0, 0.1) is 5.92 Å². The minimum Gasteiger partial charge on any atom is -0.481 e. The third kappa shape index (κ3) is 3.93. The van der Waals surface area contributed by atoms with Gasteiger partial charge < -0.3 is 5.11 Å². The molecule has 0 bridgehead atoms. The molecule has 2 unspecified atom stereocenters. The van der Waals surface area contributed by atoms with Crippen LogP contribution in [0.25, 0.3) is 11.1 Å². The lowest BCUT2D eigenvalue weighted by Gasteiger charge is -2.22. The van der Waals surface area contributed by atoms with Crippen LogP contribution in [0.2, 0.25) is 0 Å². The standard InChI is InChI=1S/C19H21N5O2/c1-2-5-16(19(25)26)17(18-21-23-24-22-18)12-14-6-3-4-7-15(14)13-8-10-20-11-9-13/h3-4,6-11,16-17H,2,5,12H2,1H3,(H,25,26)(H,21,22,23,24). The normalized spacial score (nSPS) is 13.3. The van der Waals surface area contributed by atoms with Crippen molar-refractivity contribution >= 4 is 5.97 Å². The van der Waals surface area contributed by atoms with E-state index in [4.69, 9.17) is 0 Å². The second kappa shape index (κ2) is 8.33. The number of rotatable bonds is 8. The summed E-state index contributed by atoms with van der Waals surface area (Å²) in [5.41, 5.74) is 3.16. The van der Waals surface area contributed by atoms with E-state index >= 15 is 0 Å². The molecule has 0 radical (unpaired) electrons. The first-order valence-electron chi connectivity index (χ1n) is 8.65. The number of aromatic nitrogens is 5. The van der Waals surface area contributed by atoms with Crippen molar-refractivity contribution in [3.05, 3.63) is 60.2 Å². The van der Waals surface area contributed by atoms with Crippen molar-refractivity contribution in [3.8, 4) is 11.1 Å². The fraction of sp³-hybridized carbons (Fsp3) is 0.316. The average molecular weight is 351 g/mol. The molecule has 2 heterocycles. The van der Waals surface area contributed by atoms with Gasteiger partial charge in [0.1, 0.15) is 0 Å². The average Bonchev–Trinajstić information content (AvgIpc) is 3.20. The second-order valence-corrected chi connectivity index (χ2v) is 6.21. The number of H-pyrrole nitrogens is 1. The van der Waals surface area contributed by atoms with Crippen molar-refractivity contribution in [1.29, 1.82) is 0 Å². The van der Waals surface area contributed by atoms with Crippen LogP contribution in [0.3, 0.4) is 0 Å². The highest BCUT2D eigenvalue weighted by atomic mass is 16.4. The van der Waals surface area contributed by atoms with Crippen molar-refractivity contribution in [2.75, 3.05) is 0 Å². The minimum absolute atomic E-state index is 0.353. The molecule has 0 saturated heterocycles. The first kappa shape index (κ1) is 17.7. The smallest absolute Gasteiger partial charge is 0.307 e. The molecule has 2 aromatic heterocycles. The number of tetrazole rings is 1. The number of carboxylic acid groups (broad SMARTS) is 1. The van der Waals surface area contributed by atoms with E-state index in [9.17, 15) is 9.90 Å². The number of carboxylic acids is 1. The molecule has 26 heavy (non-hydrogen) atoms. The van der Waals surface area contributed by atoms with Crippen LogP contribution in [-0.4, -0.2) is 36.7 Å². The summed E-state index contributed by atoms with van der Waals surface area (Å²) in [6, 6.07) is 11.9. The highest BCUT2D eigenvalue weighted by Crippen LogP contribution is 2.33. The Balaban J connectivity index is 1.99. The fourth-order valence-electron chi connectivity index (χ4n) is 3.30. The summed E-state index contributed by atoms with van der Waals surface area (Å²) in [5, 5.41) is 24.0. The Labute approximate surface area is 151 Å². The lowest BCUT2D eigenvalue weighted by atomic mass is 9.82. The minimum atomic E-state index is -0.831. The van der Waals surface area contributed by atoms with Gasteiger partial charge in [-0.1, -0.05) is 42.8 Å². The van der Waals surface area contributed by atoms with Gasteiger partial charge in [0.25, 0.3) is 0 Å². The SMILES string of the molecule is CCCC(C(=O)O)C(Cc1ccccc1-c1ccncc1)c1nn[nH]n1. The molecule has 7 nitrogen and oxygen atoms in total. The summed E-state index contributed by atoms with van der Waals surface area (Å²) in [6.07, 6.45) is 5.36. The van der Waals surface area contributed by atoms with Crippen LogP contribution in [0.15, 0.2) is 48.8 Å². The van der Waals surface area contributed by atoms with Crippen LogP contribution >= 0.6 is 0 Å². The number of nitrogens with zero attached hydrogens (tertiary/aromatic N) is 4. The maximum Gasteiger partial charge on any atom is 0.307 e. The highest BCUT2D eigenvalue weighted by Gasteiger charge is 2.32. The van der Waals surface area contributed by atoms with Gasteiger partial charge in [-0.2, -0.15) is 5.21 Å². The van der Waals surface area contributed by atoms with Gasteiger partial charge in [0.2, 0.25) is 0 Å². The molecule has 0 amide bonds. The van der Waals surface area contributed by atoms with Crippen molar-refractivity contribution < 1.29 is 9.90 Å². The first-order chi connectivity index (χ1) is 12.7. The van der Waals surface area contributed by atoms with Crippen molar-refractivity contribution in [3.63, 3.8) is 0 Å². The lowest BCUT2D eigenvalue weighted by Crippen LogP contribution is -2.25. The molecule has 3 aromatic rings. The Kier molecular flexibility index (Phi) is 5.68. The molecule has 2 atom stereocenters. The van der Waals surface area contributed by atoms with Crippen molar-refractivity contribution in [2.24, 2.45) is 5.92 Å². The van der Waals surface area contributed by atoms with Gasteiger partial charge >= 0.3 is 5.97 Å². The first-order valence-corrected chi connectivity index (χ1v) is 8.65. The summed E-state index contributed by atoms with van der Waals surface area (Å²) < 4.78 is 0. The second-order valence-electron chi connectivity index (χ2n) is 6.21. The molecule has 134 valence electrons. The predicted octanol–water partition coefficient (Wildman–Crippen LogP) is 3.09. The van der Waals surface area contributed by atoms with Crippen molar-refractivity contribution in [2.45, 2.75) is 32.1 Å². The largest absolute Gasteiger partial charge is 0.481 e. The van der Waals surface area contributed by atoms with E-state index in [0.717, 1.165) is 23.1 Å². The van der Waals surface area contributed by atoms with Crippen LogP contribution in [0.1, 0.15) is 37.1 Å². The molecule has 0 fully saturated rings. The molecule has 7 heteroatoms. The van der Waals surface area contributed by atoms with Gasteiger partial charge in [-0.05, 0) is 41.7 Å². The third-order valence-corrected chi connectivity index (χ3v) is 4.54. The molecule has 0 aliphatic rings. The third-order valence-electron chi connectivity index (χ3n) is 4.54. The van der Waals surface area contributed by atoms with E-state index in [2.05, 4.69) is 25.6 Å². The fourth-order valence-corrected chi connectivity index (χ4v) is 3.30. The monoisotopic (exact) mass is 351 g/mol. The van der Waals surface area contributed by atoms with Crippen LogP contribution in [-0.2, 0) is 11.2 Å². The molecule has 0 aliphatic carbocycles. The number of hydrogen-bond donors (Lipinski definition) is 2. The van der Waals surface area contributed by atoms with Crippen LogP contribution < -0.4 is 0 Å². The number of nitrogens with one attached hydrogen (secondary N) is 1. The summed E-state index contributed by atoms with van der Waals surface area (Å²) in [6.45, 7) is 1.98. The van der Waals surface area contributed by atoms with Crippen LogP contribution in [0.4, 0.5) is 0 Å².